The average molecular weight is 313 g/mol. The highest BCUT2D eigenvalue weighted by Gasteiger charge is 2.09. The van der Waals surface area contributed by atoms with E-state index in [0.717, 1.165) is 11.1 Å². The summed E-state index contributed by atoms with van der Waals surface area (Å²) < 4.78 is 0. The van der Waals surface area contributed by atoms with Crippen molar-refractivity contribution >= 4 is 35.0 Å². The van der Waals surface area contributed by atoms with Crippen LogP contribution in [0.5, 0.6) is 0 Å². The Morgan fingerprint density at radius 2 is 1.74 bits per heavy atom. The fraction of sp³-hybridized carbons (Fsp3) is 0.200. The van der Waals surface area contributed by atoms with Crippen LogP contribution >= 0.6 is 35.0 Å². The summed E-state index contributed by atoms with van der Waals surface area (Å²) in [5.74, 6) is 0. The Hall–Kier alpha value is -0.670. The van der Waals surface area contributed by atoms with Crippen molar-refractivity contribution in [1.29, 1.82) is 0 Å². The largest absolute Gasteiger partial charge is 0.388 e. The fourth-order valence-corrected chi connectivity index (χ4v) is 2.56. The van der Waals surface area contributed by atoms with E-state index in [1.807, 2.05) is 36.6 Å². The maximum absolute atomic E-state index is 10.2. The van der Waals surface area contributed by atoms with Crippen LogP contribution in [-0.4, -0.2) is 11.4 Å². The van der Waals surface area contributed by atoms with Crippen LogP contribution in [0.1, 0.15) is 17.2 Å². The van der Waals surface area contributed by atoms with Gasteiger partial charge in [-0.25, -0.2) is 0 Å². The number of aliphatic hydroxyl groups is 1. The molecule has 1 N–H and O–H groups in total. The van der Waals surface area contributed by atoms with Gasteiger partial charge in [0.25, 0.3) is 0 Å². The van der Waals surface area contributed by atoms with E-state index in [0.29, 0.717) is 16.5 Å². The Bertz CT molecular complexity index is 555. The number of rotatable bonds is 4. The molecule has 0 aliphatic rings. The molecule has 0 aliphatic carbocycles. The van der Waals surface area contributed by atoms with Crippen molar-refractivity contribution in [2.75, 3.05) is 6.26 Å². The molecule has 2 aromatic rings. The van der Waals surface area contributed by atoms with Gasteiger partial charge in [0.2, 0.25) is 0 Å². The molecule has 0 aliphatic heterocycles. The molecule has 0 spiro atoms. The van der Waals surface area contributed by atoms with Gasteiger partial charge in [-0.1, -0.05) is 41.4 Å². The third kappa shape index (κ3) is 3.90. The van der Waals surface area contributed by atoms with Crippen LogP contribution < -0.4 is 0 Å². The average Bonchev–Trinajstić information content (AvgIpc) is 2.43. The van der Waals surface area contributed by atoms with Crippen LogP contribution in [0.2, 0.25) is 10.0 Å². The molecule has 0 amide bonds. The third-order valence-corrected chi connectivity index (χ3v) is 4.40. The Morgan fingerprint density at radius 3 is 2.32 bits per heavy atom. The predicted molar refractivity (Wildman–Crippen MR) is 83.3 cm³/mol. The monoisotopic (exact) mass is 312 g/mol. The Labute approximate surface area is 127 Å². The maximum atomic E-state index is 10.2. The minimum absolute atomic E-state index is 0.518. The predicted octanol–water partition coefficient (Wildman–Crippen LogP) is 4.99. The topological polar surface area (TPSA) is 20.2 Å². The third-order valence-electron chi connectivity index (χ3n) is 2.91. The van der Waals surface area contributed by atoms with E-state index in [9.17, 15) is 5.11 Å². The normalized spacial score (nSPS) is 12.4. The van der Waals surface area contributed by atoms with Gasteiger partial charge < -0.3 is 5.11 Å². The minimum Gasteiger partial charge on any atom is -0.388 e. The molecule has 0 saturated heterocycles. The van der Waals surface area contributed by atoms with Crippen LogP contribution in [-0.2, 0) is 6.42 Å². The molecule has 2 rings (SSSR count). The number of benzene rings is 2. The zero-order valence-corrected chi connectivity index (χ0v) is 12.8. The van der Waals surface area contributed by atoms with Crippen molar-refractivity contribution in [3.05, 3.63) is 63.6 Å². The first-order chi connectivity index (χ1) is 9.10. The second kappa shape index (κ2) is 6.67. The SMILES string of the molecule is CSc1ccc(C(O)Cc2ccc(Cl)c(Cl)c2)cc1. The quantitative estimate of drug-likeness (QED) is 0.802. The highest BCUT2D eigenvalue weighted by molar-refractivity contribution is 7.98. The van der Waals surface area contributed by atoms with Crippen LogP contribution in [0.4, 0.5) is 0 Å². The van der Waals surface area contributed by atoms with E-state index < -0.39 is 6.10 Å². The van der Waals surface area contributed by atoms with Crippen molar-refractivity contribution in [3.63, 3.8) is 0 Å². The van der Waals surface area contributed by atoms with Gasteiger partial charge in [-0.2, -0.15) is 0 Å². The zero-order chi connectivity index (χ0) is 13.8. The molecule has 1 atom stereocenters. The van der Waals surface area contributed by atoms with Crippen molar-refractivity contribution < 1.29 is 5.11 Å². The van der Waals surface area contributed by atoms with Crippen LogP contribution in [0, 0.1) is 0 Å². The molecule has 0 heterocycles. The molecule has 4 heteroatoms. The summed E-state index contributed by atoms with van der Waals surface area (Å²) in [6.07, 6.45) is 2.02. The molecule has 0 radical (unpaired) electrons. The molecule has 1 unspecified atom stereocenters. The van der Waals surface area contributed by atoms with Crippen molar-refractivity contribution in [3.8, 4) is 0 Å². The van der Waals surface area contributed by atoms with Gasteiger partial charge in [0.05, 0.1) is 16.1 Å². The van der Waals surface area contributed by atoms with E-state index in [2.05, 4.69) is 0 Å². The first-order valence-corrected chi connectivity index (χ1v) is 7.84. The molecule has 0 aromatic heterocycles. The smallest absolute Gasteiger partial charge is 0.0830 e. The standard InChI is InChI=1S/C15H14Cl2OS/c1-19-12-5-3-11(4-6-12)15(18)9-10-2-7-13(16)14(17)8-10/h2-8,15,18H,9H2,1H3. The highest BCUT2D eigenvalue weighted by Crippen LogP contribution is 2.26. The molecule has 0 bridgehead atoms. The van der Waals surface area contributed by atoms with Crippen LogP contribution in [0.25, 0.3) is 0 Å². The van der Waals surface area contributed by atoms with Crippen molar-refractivity contribution in [2.24, 2.45) is 0 Å². The summed E-state index contributed by atoms with van der Waals surface area (Å²) in [6.45, 7) is 0. The molecular weight excluding hydrogens is 299 g/mol. The van der Waals surface area contributed by atoms with E-state index in [1.165, 1.54) is 4.90 Å². The lowest BCUT2D eigenvalue weighted by molar-refractivity contribution is 0.178. The van der Waals surface area contributed by atoms with Crippen molar-refractivity contribution in [2.45, 2.75) is 17.4 Å². The molecule has 19 heavy (non-hydrogen) atoms. The molecule has 0 saturated carbocycles. The van der Waals surface area contributed by atoms with E-state index >= 15 is 0 Å². The maximum Gasteiger partial charge on any atom is 0.0830 e. The van der Waals surface area contributed by atoms with Gasteiger partial charge in [0.1, 0.15) is 0 Å². The van der Waals surface area contributed by atoms with E-state index in [-0.39, 0.29) is 0 Å². The number of hydrogen-bond donors (Lipinski definition) is 1. The molecule has 100 valence electrons. The summed E-state index contributed by atoms with van der Waals surface area (Å²) in [4.78, 5) is 1.19. The highest BCUT2D eigenvalue weighted by atomic mass is 35.5. The van der Waals surface area contributed by atoms with Gasteiger partial charge in [-0.15, -0.1) is 11.8 Å². The van der Waals surface area contributed by atoms with Gasteiger partial charge >= 0.3 is 0 Å². The number of aliphatic hydroxyl groups excluding tert-OH is 1. The lowest BCUT2D eigenvalue weighted by Gasteiger charge is -2.12. The van der Waals surface area contributed by atoms with Crippen LogP contribution in [0.3, 0.4) is 0 Å². The Morgan fingerprint density at radius 1 is 1.05 bits per heavy atom. The first kappa shape index (κ1) is 14.7. The van der Waals surface area contributed by atoms with E-state index in [1.54, 1.807) is 23.9 Å². The second-order valence-corrected chi connectivity index (χ2v) is 5.94. The lowest BCUT2D eigenvalue weighted by atomic mass is 10.0. The first-order valence-electron chi connectivity index (χ1n) is 5.86. The molecular formula is C15H14Cl2OS. The molecule has 2 aromatic carbocycles. The summed E-state index contributed by atoms with van der Waals surface area (Å²) in [5.41, 5.74) is 1.87. The minimum atomic E-state index is -0.534. The number of halogens is 2. The Balaban J connectivity index is 2.10. The Kier molecular flexibility index (Phi) is 5.17. The van der Waals surface area contributed by atoms with Gasteiger partial charge in [-0.05, 0) is 41.6 Å². The fourth-order valence-electron chi connectivity index (χ4n) is 1.83. The zero-order valence-electron chi connectivity index (χ0n) is 10.4. The molecule has 1 nitrogen and oxygen atoms in total. The van der Waals surface area contributed by atoms with Gasteiger partial charge in [-0.3, -0.25) is 0 Å². The summed E-state index contributed by atoms with van der Waals surface area (Å²) in [6, 6.07) is 13.4. The molecule has 0 fully saturated rings. The lowest BCUT2D eigenvalue weighted by Crippen LogP contribution is -2.01. The number of thioether (sulfide) groups is 1. The summed E-state index contributed by atoms with van der Waals surface area (Å²) in [5, 5.41) is 11.3. The summed E-state index contributed by atoms with van der Waals surface area (Å²) in [7, 11) is 0. The number of hydrogen-bond acceptors (Lipinski definition) is 2. The second-order valence-electron chi connectivity index (χ2n) is 4.24. The van der Waals surface area contributed by atoms with Crippen LogP contribution in [0.15, 0.2) is 47.4 Å². The van der Waals surface area contributed by atoms with Crippen molar-refractivity contribution in [1.82, 2.24) is 0 Å². The van der Waals surface area contributed by atoms with Gasteiger partial charge in [0, 0.05) is 11.3 Å². The van der Waals surface area contributed by atoms with Gasteiger partial charge in [0.15, 0.2) is 0 Å². The van der Waals surface area contributed by atoms with E-state index in [4.69, 9.17) is 23.2 Å². The summed E-state index contributed by atoms with van der Waals surface area (Å²) >= 11 is 13.5.